The average Bonchev–Trinajstić information content (AvgIpc) is 2.98. The number of β-lactam (4-membered cyclic amide) rings is 1. The van der Waals surface area contributed by atoms with Crippen molar-refractivity contribution in [3.63, 3.8) is 0 Å². The Bertz CT molecular complexity index is 1530. The normalized spacial score (nSPS) is 18.3. The first-order chi connectivity index (χ1) is 19.7. The van der Waals surface area contributed by atoms with Crippen LogP contribution in [0.5, 0.6) is 5.75 Å². The van der Waals surface area contributed by atoms with Crippen LogP contribution in [0.3, 0.4) is 0 Å². The van der Waals surface area contributed by atoms with Gasteiger partial charge in [0.1, 0.15) is 17.2 Å². The maximum absolute atomic E-state index is 13.6. The summed E-state index contributed by atoms with van der Waals surface area (Å²) in [4.78, 5) is 40.2. The molecular weight excluding hydrogens is 575 g/mol. The molecule has 3 aromatic carbocycles. The van der Waals surface area contributed by atoms with Crippen molar-refractivity contribution in [3.8, 4) is 5.75 Å². The van der Waals surface area contributed by atoms with Crippen LogP contribution in [0.15, 0.2) is 102 Å². The van der Waals surface area contributed by atoms with Crippen LogP contribution in [0.25, 0.3) is 0 Å². The van der Waals surface area contributed by atoms with Gasteiger partial charge in [-0.15, -0.1) is 11.8 Å². The van der Waals surface area contributed by atoms with Crippen molar-refractivity contribution in [3.05, 3.63) is 114 Å². The third-order valence-electron chi connectivity index (χ3n) is 6.19. The zero-order valence-corrected chi connectivity index (χ0v) is 22.8. The van der Waals surface area contributed by atoms with Gasteiger partial charge in [0.25, 0.3) is 11.8 Å². The lowest BCUT2D eigenvalue weighted by molar-refractivity contribution is -0.155. The van der Waals surface area contributed by atoms with E-state index in [1.807, 2.05) is 0 Å². The molecule has 0 saturated carbocycles. The molecule has 2 aliphatic heterocycles. The third-order valence-corrected chi connectivity index (χ3v) is 7.84. The van der Waals surface area contributed by atoms with Crippen LogP contribution in [0.1, 0.15) is 17.2 Å². The Morgan fingerprint density at radius 2 is 1.51 bits per heavy atom. The first-order valence-corrected chi connectivity index (χ1v) is 14.7. The lowest BCUT2D eigenvalue weighted by atomic mass is 10.0. The number of para-hydroxylation sites is 1. The number of nitrogens with zero attached hydrogens (tertiary/aromatic N) is 1. The van der Waals surface area contributed by atoms with Gasteiger partial charge in [-0.3, -0.25) is 14.5 Å². The lowest BCUT2D eigenvalue weighted by Crippen LogP contribution is -2.71. The quantitative estimate of drug-likeness (QED) is 0.213. The number of thioether (sulfide) groups is 1. The Morgan fingerprint density at radius 1 is 0.951 bits per heavy atom. The van der Waals surface area contributed by atoms with Crippen molar-refractivity contribution < 1.29 is 40.3 Å². The number of rotatable bonds is 10. The van der Waals surface area contributed by atoms with Gasteiger partial charge in [-0.25, -0.2) is 4.79 Å². The maximum atomic E-state index is 13.6. The van der Waals surface area contributed by atoms with Crippen molar-refractivity contribution in [2.75, 3.05) is 12.4 Å². The average molecular weight is 599 g/mol. The second kappa shape index (κ2) is 12.0. The molecule has 2 aliphatic rings. The Morgan fingerprint density at radius 3 is 2.07 bits per heavy atom. The summed E-state index contributed by atoms with van der Waals surface area (Å²) in [6.45, 7) is -0.361. The highest BCUT2D eigenvalue weighted by Crippen LogP contribution is 2.42. The molecule has 1 fully saturated rings. The fraction of sp³-hybridized carbons (Fsp3) is 0.179. The number of carbonyl (C=O) groups is 3. The minimum Gasteiger partial charge on any atom is -0.484 e. The first kappa shape index (κ1) is 28.2. The summed E-state index contributed by atoms with van der Waals surface area (Å²) in [5.74, 6) is -2.82. The van der Waals surface area contributed by atoms with Gasteiger partial charge in [0, 0.05) is 0 Å². The molecule has 2 heterocycles. The van der Waals surface area contributed by atoms with E-state index in [1.165, 1.54) is 0 Å². The van der Waals surface area contributed by atoms with E-state index in [0.29, 0.717) is 16.9 Å². The predicted molar refractivity (Wildman–Crippen MR) is 146 cm³/mol. The number of hydrogen-bond donors (Lipinski definition) is 1. The standard InChI is InChI=1S/C28H23FN2O8S2/c29-41(35,36)39-21-17-40-27-23(30-22(32)16-37-20-14-8-3-9-15-20)26(33)31(27)24(21)28(34)38-25(18-10-4-1-5-11-18)19-12-6-2-7-13-19/h1-15,23,25,27H,16-17H2,(H,30,32)/t23-,27-/m1/s1. The number of fused-ring (bicyclic) bond motifs is 1. The minimum atomic E-state index is -5.53. The summed E-state index contributed by atoms with van der Waals surface area (Å²) < 4.78 is 52.0. The van der Waals surface area contributed by atoms with Gasteiger partial charge in [-0.1, -0.05) is 82.7 Å². The van der Waals surface area contributed by atoms with Gasteiger partial charge in [-0.2, -0.15) is 8.42 Å². The van der Waals surface area contributed by atoms with Crippen molar-refractivity contribution in [1.82, 2.24) is 10.2 Å². The molecule has 41 heavy (non-hydrogen) atoms. The second-order valence-corrected chi connectivity index (χ2v) is 11.0. The maximum Gasteiger partial charge on any atom is 0.488 e. The SMILES string of the molecule is O=C(COc1ccccc1)N[C@@H]1C(=O)N2C(C(=O)OC(c3ccccc3)c3ccccc3)=C(OS(=O)(=O)F)CS[C@H]12. The van der Waals surface area contributed by atoms with E-state index in [-0.39, 0.29) is 12.4 Å². The van der Waals surface area contributed by atoms with E-state index in [2.05, 4.69) is 9.50 Å². The largest absolute Gasteiger partial charge is 0.488 e. The molecule has 1 N–H and O–H groups in total. The van der Waals surface area contributed by atoms with Crippen LogP contribution >= 0.6 is 11.8 Å². The van der Waals surface area contributed by atoms with E-state index >= 15 is 0 Å². The summed E-state index contributed by atoms with van der Waals surface area (Å²) in [7, 11) is -5.53. The van der Waals surface area contributed by atoms with E-state index in [4.69, 9.17) is 9.47 Å². The molecule has 0 unspecified atom stereocenters. The number of hydrogen-bond acceptors (Lipinski definition) is 9. The Labute approximate surface area is 239 Å². The van der Waals surface area contributed by atoms with Crippen molar-refractivity contribution in [1.29, 1.82) is 0 Å². The molecule has 2 amide bonds. The molecule has 0 aliphatic carbocycles. The van der Waals surface area contributed by atoms with Crippen LogP contribution < -0.4 is 10.1 Å². The summed E-state index contributed by atoms with van der Waals surface area (Å²) in [6.07, 6.45) is -0.935. The smallest absolute Gasteiger partial charge is 0.484 e. The van der Waals surface area contributed by atoms with Crippen molar-refractivity contribution in [2.45, 2.75) is 17.5 Å². The fourth-order valence-corrected chi connectivity index (χ4v) is 6.10. The van der Waals surface area contributed by atoms with Crippen LogP contribution in [0, 0.1) is 0 Å². The fourth-order valence-electron chi connectivity index (χ4n) is 4.39. The Kier molecular flexibility index (Phi) is 8.26. The Balaban J connectivity index is 1.37. The third kappa shape index (κ3) is 6.52. The molecule has 0 aromatic heterocycles. The molecule has 0 radical (unpaired) electrons. The molecule has 2 atom stereocenters. The molecule has 1 saturated heterocycles. The molecule has 212 valence electrons. The molecule has 3 aromatic rings. The van der Waals surface area contributed by atoms with Gasteiger partial charge >= 0.3 is 16.5 Å². The predicted octanol–water partition coefficient (Wildman–Crippen LogP) is 3.24. The number of carbonyl (C=O) groups excluding carboxylic acids is 3. The number of benzene rings is 3. The first-order valence-electron chi connectivity index (χ1n) is 12.3. The van der Waals surface area contributed by atoms with E-state index in [1.54, 1.807) is 91.0 Å². The number of halogens is 1. The molecule has 13 heteroatoms. The van der Waals surface area contributed by atoms with E-state index in [0.717, 1.165) is 16.7 Å². The number of nitrogens with one attached hydrogen (secondary N) is 1. The monoisotopic (exact) mass is 598 g/mol. The summed E-state index contributed by atoms with van der Waals surface area (Å²) >= 11 is 0.991. The van der Waals surface area contributed by atoms with Crippen LogP contribution in [0.4, 0.5) is 3.89 Å². The number of amides is 2. The highest BCUT2D eigenvalue weighted by Gasteiger charge is 2.55. The van der Waals surface area contributed by atoms with Crippen LogP contribution in [-0.2, 0) is 33.8 Å². The van der Waals surface area contributed by atoms with Gasteiger partial charge in [0.15, 0.2) is 24.2 Å². The molecule has 0 spiro atoms. The van der Waals surface area contributed by atoms with Gasteiger partial charge in [-0.05, 0) is 23.3 Å². The lowest BCUT2D eigenvalue weighted by Gasteiger charge is -2.49. The second-order valence-electron chi connectivity index (χ2n) is 8.91. The van der Waals surface area contributed by atoms with Gasteiger partial charge in [0.05, 0.1) is 5.75 Å². The number of ether oxygens (including phenoxy) is 2. The molecule has 5 rings (SSSR count). The molecule has 0 bridgehead atoms. The Hall–Kier alpha value is -4.36. The zero-order chi connectivity index (χ0) is 29.0. The summed E-state index contributed by atoms with van der Waals surface area (Å²) in [5.41, 5.74) is 0.657. The number of esters is 1. The highest BCUT2D eigenvalue weighted by molar-refractivity contribution is 8.00. The van der Waals surface area contributed by atoms with Crippen LogP contribution in [-0.4, -0.2) is 54.9 Å². The highest BCUT2D eigenvalue weighted by atomic mass is 32.3. The van der Waals surface area contributed by atoms with E-state index < -0.39 is 57.3 Å². The van der Waals surface area contributed by atoms with E-state index in [9.17, 15) is 26.7 Å². The van der Waals surface area contributed by atoms with Crippen molar-refractivity contribution >= 4 is 40.0 Å². The van der Waals surface area contributed by atoms with Crippen LogP contribution in [0.2, 0.25) is 0 Å². The van der Waals surface area contributed by atoms with Gasteiger partial charge in [0.2, 0.25) is 0 Å². The summed E-state index contributed by atoms with van der Waals surface area (Å²) in [6, 6.07) is 25.1. The minimum absolute atomic E-state index is 0.281. The topological polar surface area (TPSA) is 128 Å². The van der Waals surface area contributed by atoms with Crippen molar-refractivity contribution in [2.24, 2.45) is 0 Å². The van der Waals surface area contributed by atoms with Gasteiger partial charge < -0.3 is 19.0 Å². The molecule has 10 nitrogen and oxygen atoms in total. The summed E-state index contributed by atoms with van der Waals surface area (Å²) in [5, 5.41) is 1.77. The molecular formula is C28H23FN2O8S2. The zero-order valence-electron chi connectivity index (χ0n) is 21.2.